The zero-order valence-corrected chi connectivity index (χ0v) is 12.9. The molecule has 20 heavy (non-hydrogen) atoms. The van der Waals surface area contributed by atoms with E-state index in [1.807, 2.05) is 31.0 Å². The third kappa shape index (κ3) is 2.80. The van der Waals surface area contributed by atoms with Crippen molar-refractivity contribution >= 4 is 11.6 Å². The van der Waals surface area contributed by atoms with Gasteiger partial charge in [-0.05, 0) is 64.0 Å². The number of anilines is 1. The number of nitrogen functional groups attached to an aromatic ring is 1. The zero-order valence-electron chi connectivity index (χ0n) is 12.9. The Bertz CT molecular complexity index is 486. The molecule has 0 unspecified atom stereocenters. The molecule has 4 nitrogen and oxygen atoms in total. The first-order chi connectivity index (χ1) is 9.34. The first kappa shape index (κ1) is 14.9. The Balaban J connectivity index is 2.12. The molecular weight excluding hydrogens is 250 g/mol. The predicted octanol–water partition coefficient (Wildman–Crippen LogP) is 2.13. The summed E-state index contributed by atoms with van der Waals surface area (Å²) in [5.41, 5.74) is 8.33. The second-order valence-electron chi connectivity index (χ2n) is 6.27. The van der Waals surface area contributed by atoms with Crippen LogP contribution in [0.4, 0.5) is 5.69 Å². The topological polar surface area (TPSA) is 49.6 Å². The van der Waals surface area contributed by atoms with Crippen molar-refractivity contribution in [2.75, 3.05) is 33.4 Å². The fourth-order valence-electron chi connectivity index (χ4n) is 3.00. The smallest absolute Gasteiger partial charge is 0.253 e. The van der Waals surface area contributed by atoms with Crippen LogP contribution >= 0.6 is 0 Å². The van der Waals surface area contributed by atoms with Gasteiger partial charge in [0.15, 0.2) is 0 Å². The summed E-state index contributed by atoms with van der Waals surface area (Å²) in [6.45, 7) is 2.73. The molecule has 2 rings (SSSR count). The largest absolute Gasteiger partial charge is 0.399 e. The number of likely N-dealkylation sites (N-methyl/N-ethyl adjacent to an activating group) is 2. The van der Waals surface area contributed by atoms with Crippen LogP contribution in [0.1, 0.15) is 35.2 Å². The van der Waals surface area contributed by atoms with Gasteiger partial charge in [-0.25, -0.2) is 0 Å². The highest BCUT2D eigenvalue weighted by Crippen LogP contribution is 2.36. The summed E-state index contributed by atoms with van der Waals surface area (Å²) in [4.78, 5) is 16.6. The first-order valence-corrected chi connectivity index (χ1v) is 7.14. The van der Waals surface area contributed by atoms with E-state index in [-0.39, 0.29) is 11.4 Å². The normalized spacial score (nSPS) is 16.9. The van der Waals surface area contributed by atoms with Gasteiger partial charge in [-0.3, -0.25) is 4.79 Å². The van der Waals surface area contributed by atoms with Crippen molar-refractivity contribution in [3.8, 4) is 0 Å². The van der Waals surface area contributed by atoms with Crippen LogP contribution in [0.25, 0.3) is 0 Å². The third-order valence-electron chi connectivity index (χ3n) is 4.46. The Morgan fingerprint density at radius 1 is 1.25 bits per heavy atom. The molecule has 0 spiro atoms. The second kappa shape index (κ2) is 5.44. The molecule has 0 aliphatic heterocycles. The van der Waals surface area contributed by atoms with Crippen LogP contribution in [0.5, 0.6) is 0 Å². The van der Waals surface area contributed by atoms with Crippen LogP contribution in [0.15, 0.2) is 18.2 Å². The molecule has 110 valence electrons. The van der Waals surface area contributed by atoms with Crippen LogP contribution in [0, 0.1) is 6.92 Å². The number of carbonyl (C=O) groups is 1. The van der Waals surface area contributed by atoms with Gasteiger partial charge in [-0.1, -0.05) is 0 Å². The van der Waals surface area contributed by atoms with E-state index < -0.39 is 0 Å². The van der Waals surface area contributed by atoms with Crippen molar-refractivity contribution < 1.29 is 4.79 Å². The quantitative estimate of drug-likeness (QED) is 0.856. The molecule has 0 aromatic heterocycles. The molecule has 0 heterocycles. The summed E-state index contributed by atoms with van der Waals surface area (Å²) in [7, 11) is 6.08. The summed E-state index contributed by atoms with van der Waals surface area (Å²) in [6, 6.07) is 5.54. The van der Waals surface area contributed by atoms with E-state index in [4.69, 9.17) is 5.73 Å². The van der Waals surface area contributed by atoms with Gasteiger partial charge >= 0.3 is 0 Å². The monoisotopic (exact) mass is 275 g/mol. The molecule has 4 heteroatoms. The maximum Gasteiger partial charge on any atom is 0.253 e. The Morgan fingerprint density at radius 2 is 1.90 bits per heavy atom. The van der Waals surface area contributed by atoms with Gasteiger partial charge in [0, 0.05) is 30.4 Å². The molecule has 1 amide bonds. The summed E-state index contributed by atoms with van der Waals surface area (Å²) >= 11 is 0. The second-order valence-corrected chi connectivity index (χ2v) is 6.27. The molecule has 1 aromatic rings. The van der Waals surface area contributed by atoms with Crippen LogP contribution in [-0.2, 0) is 0 Å². The Morgan fingerprint density at radius 3 is 2.35 bits per heavy atom. The highest BCUT2D eigenvalue weighted by Gasteiger charge is 2.40. The minimum Gasteiger partial charge on any atom is -0.399 e. The van der Waals surface area contributed by atoms with Crippen molar-refractivity contribution in [1.29, 1.82) is 0 Å². The van der Waals surface area contributed by atoms with E-state index in [9.17, 15) is 4.79 Å². The van der Waals surface area contributed by atoms with Crippen molar-refractivity contribution in [2.45, 2.75) is 31.7 Å². The fraction of sp³-hybridized carbons (Fsp3) is 0.562. The van der Waals surface area contributed by atoms with E-state index in [2.05, 4.69) is 19.0 Å². The highest BCUT2D eigenvalue weighted by molar-refractivity contribution is 5.95. The summed E-state index contributed by atoms with van der Waals surface area (Å²) in [5.74, 6) is 0.0496. The van der Waals surface area contributed by atoms with E-state index in [1.54, 1.807) is 6.07 Å². The SMILES string of the molecule is Cc1cc(N)cc(C(=O)N(C)CC2(N(C)C)CCC2)c1. The molecule has 2 N–H and O–H groups in total. The van der Waals surface area contributed by atoms with Gasteiger partial charge in [-0.15, -0.1) is 0 Å². The molecular formula is C16H25N3O. The van der Waals surface area contributed by atoms with Crippen LogP contribution < -0.4 is 5.73 Å². The Labute approximate surface area is 121 Å². The molecule has 1 aliphatic rings. The van der Waals surface area contributed by atoms with E-state index >= 15 is 0 Å². The Hall–Kier alpha value is -1.55. The molecule has 1 aromatic carbocycles. The van der Waals surface area contributed by atoms with Gasteiger partial charge in [0.05, 0.1) is 0 Å². The molecule has 1 aliphatic carbocycles. The van der Waals surface area contributed by atoms with E-state index in [1.165, 1.54) is 6.42 Å². The maximum absolute atomic E-state index is 12.5. The first-order valence-electron chi connectivity index (χ1n) is 7.14. The average Bonchev–Trinajstić information content (AvgIpc) is 2.30. The minimum absolute atomic E-state index is 0.0496. The number of carbonyl (C=O) groups excluding carboxylic acids is 1. The lowest BCUT2D eigenvalue weighted by molar-refractivity contribution is 0.0252. The van der Waals surface area contributed by atoms with Crippen molar-refractivity contribution in [3.63, 3.8) is 0 Å². The van der Waals surface area contributed by atoms with Gasteiger partial charge in [0.25, 0.3) is 5.91 Å². The average molecular weight is 275 g/mol. The molecule has 0 radical (unpaired) electrons. The van der Waals surface area contributed by atoms with Crippen LogP contribution in [0.3, 0.4) is 0 Å². The highest BCUT2D eigenvalue weighted by atomic mass is 16.2. The summed E-state index contributed by atoms with van der Waals surface area (Å²) < 4.78 is 0. The van der Waals surface area contributed by atoms with E-state index in [0.717, 1.165) is 24.9 Å². The number of nitrogens with two attached hydrogens (primary N) is 1. The third-order valence-corrected chi connectivity index (χ3v) is 4.46. The lowest BCUT2D eigenvalue weighted by Crippen LogP contribution is -2.57. The van der Waals surface area contributed by atoms with Crippen LogP contribution in [0.2, 0.25) is 0 Å². The Kier molecular flexibility index (Phi) is 4.04. The number of hydrogen-bond donors (Lipinski definition) is 1. The number of amides is 1. The van der Waals surface area contributed by atoms with Gasteiger partial charge < -0.3 is 15.5 Å². The molecule has 0 saturated heterocycles. The zero-order chi connectivity index (χ0) is 14.9. The number of aryl methyl sites for hydroxylation is 1. The van der Waals surface area contributed by atoms with Crippen molar-refractivity contribution in [3.05, 3.63) is 29.3 Å². The molecule has 0 bridgehead atoms. The van der Waals surface area contributed by atoms with Gasteiger partial charge in [0.1, 0.15) is 0 Å². The van der Waals surface area contributed by atoms with Gasteiger partial charge in [0.2, 0.25) is 0 Å². The number of benzene rings is 1. The lowest BCUT2D eigenvalue weighted by atomic mass is 9.75. The maximum atomic E-state index is 12.5. The fourth-order valence-corrected chi connectivity index (χ4v) is 3.00. The number of hydrogen-bond acceptors (Lipinski definition) is 3. The predicted molar refractivity (Wildman–Crippen MR) is 82.8 cm³/mol. The summed E-state index contributed by atoms with van der Waals surface area (Å²) in [6.07, 6.45) is 3.57. The molecule has 1 saturated carbocycles. The van der Waals surface area contributed by atoms with E-state index in [0.29, 0.717) is 11.3 Å². The molecule has 1 fully saturated rings. The van der Waals surface area contributed by atoms with Gasteiger partial charge in [-0.2, -0.15) is 0 Å². The minimum atomic E-state index is 0.0496. The van der Waals surface area contributed by atoms with Crippen molar-refractivity contribution in [2.24, 2.45) is 0 Å². The lowest BCUT2D eigenvalue weighted by Gasteiger charge is -2.49. The summed E-state index contributed by atoms with van der Waals surface area (Å²) in [5, 5.41) is 0. The standard InChI is InChI=1S/C16H25N3O/c1-12-8-13(10-14(17)9-12)15(20)19(4)11-16(18(2)3)6-5-7-16/h8-10H,5-7,11,17H2,1-4H3. The number of nitrogens with zero attached hydrogens (tertiary/aromatic N) is 2. The number of rotatable bonds is 4. The molecule has 0 atom stereocenters. The van der Waals surface area contributed by atoms with Crippen molar-refractivity contribution in [1.82, 2.24) is 9.80 Å². The van der Waals surface area contributed by atoms with Crippen LogP contribution in [-0.4, -0.2) is 48.9 Å².